The smallest absolute Gasteiger partial charge is 0.168 e. The lowest BCUT2D eigenvalue weighted by Crippen LogP contribution is -2.45. The van der Waals surface area contributed by atoms with Gasteiger partial charge in [0.2, 0.25) is 0 Å². The highest BCUT2D eigenvalue weighted by Gasteiger charge is 2.41. The first kappa shape index (κ1) is 8.52. The van der Waals surface area contributed by atoms with Crippen molar-refractivity contribution in [1.29, 1.82) is 0 Å². The van der Waals surface area contributed by atoms with Gasteiger partial charge in [0.05, 0.1) is 12.7 Å². The summed E-state index contributed by atoms with van der Waals surface area (Å²) in [6.07, 6.45) is 5.10. The molecule has 1 aliphatic carbocycles. The zero-order valence-corrected chi connectivity index (χ0v) is 8.01. The van der Waals surface area contributed by atoms with E-state index in [2.05, 4.69) is 13.8 Å². The summed E-state index contributed by atoms with van der Waals surface area (Å²) in [6.45, 7) is 5.22. The standard InChI is InChI=1S/C10H18O2/c1-8-7-11-10(12-9(8)2)5-3-4-6-10/h8-9H,3-7H2,1-2H3. The molecule has 12 heavy (non-hydrogen) atoms. The van der Waals surface area contributed by atoms with E-state index in [1.54, 1.807) is 0 Å². The molecule has 0 bridgehead atoms. The van der Waals surface area contributed by atoms with E-state index in [9.17, 15) is 0 Å². The summed E-state index contributed by atoms with van der Waals surface area (Å²) in [5.41, 5.74) is 0. The van der Waals surface area contributed by atoms with E-state index in [0.717, 1.165) is 19.4 Å². The van der Waals surface area contributed by atoms with Crippen LogP contribution in [0.15, 0.2) is 0 Å². The zero-order chi connectivity index (χ0) is 8.60. The number of ether oxygens (including phenoxy) is 2. The van der Waals surface area contributed by atoms with Crippen molar-refractivity contribution in [1.82, 2.24) is 0 Å². The van der Waals surface area contributed by atoms with Crippen LogP contribution in [0.5, 0.6) is 0 Å². The van der Waals surface area contributed by atoms with Gasteiger partial charge in [-0.15, -0.1) is 0 Å². The van der Waals surface area contributed by atoms with Crippen molar-refractivity contribution in [2.24, 2.45) is 5.92 Å². The lowest BCUT2D eigenvalue weighted by molar-refractivity contribution is -0.301. The summed E-state index contributed by atoms with van der Waals surface area (Å²) in [6, 6.07) is 0. The normalized spacial score (nSPS) is 40.5. The third-order valence-electron chi connectivity index (χ3n) is 3.18. The Bertz CT molecular complexity index is 161. The minimum absolute atomic E-state index is 0.175. The molecule has 0 amide bonds. The fourth-order valence-corrected chi connectivity index (χ4v) is 2.08. The van der Waals surface area contributed by atoms with Gasteiger partial charge in [0.1, 0.15) is 0 Å². The Morgan fingerprint density at radius 3 is 2.42 bits per heavy atom. The minimum atomic E-state index is -0.175. The first-order valence-corrected chi connectivity index (χ1v) is 5.04. The Morgan fingerprint density at radius 1 is 1.17 bits per heavy atom. The van der Waals surface area contributed by atoms with Crippen LogP contribution in [-0.2, 0) is 9.47 Å². The van der Waals surface area contributed by atoms with E-state index in [0.29, 0.717) is 12.0 Å². The Hall–Kier alpha value is -0.0800. The number of hydrogen-bond donors (Lipinski definition) is 0. The molecule has 2 atom stereocenters. The average molecular weight is 170 g/mol. The van der Waals surface area contributed by atoms with Crippen LogP contribution >= 0.6 is 0 Å². The summed E-state index contributed by atoms with van der Waals surface area (Å²) in [5.74, 6) is 0.377. The fraction of sp³-hybridized carbons (Fsp3) is 1.00. The van der Waals surface area contributed by atoms with Crippen LogP contribution in [0, 0.1) is 5.92 Å². The van der Waals surface area contributed by atoms with Gasteiger partial charge in [-0.2, -0.15) is 0 Å². The maximum Gasteiger partial charge on any atom is 0.168 e. The summed E-state index contributed by atoms with van der Waals surface area (Å²) < 4.78 is 11.7. The second-order valence-corrected chi connectivity index (χ2v) is 4.23. The third kappa shape index (κ3) is 1.38. The van der Waals surface area contributed by atoms with Crippen molar-refractivity contribution in [2.75, 3.05) is 6.61 Å². The molecule has 0 aromatic heterocycles. The average Bonchev–Trinajstić information content (AvgIpc) is 2.47. The van der Waals surface area contributed by atoms with E-state index in [1.807, 2.05) is 0 Å². The van der Waals surface area contributed by atoms with Gasteiger partial charge in [-0.1, -0.05) is 6.92 Å². The Kier molecular flexibility index (Phi) is 2.13. The molecule has 70 valence electrons. The monoisotopic (exact) mass is 170 g/mol. The summed E-state index contributed by atoms with van der Waals surface area (Å²) in [5, 5.41) is 0. The Labute approximate surface area is 74.2 Å². The summed E-state index contributed by atoms with van der Waals surface area (Å²) >= 11 is 0. The lowest BCUT2D eigenvalue weighted by Gasteiger charge is -2.40. The zero-order valence-electron chi connectivity index (χ0n) is 8.01. The predicted molar refractivity (Wildman–Crippen MR) is 46.9 cm³/mol. The predicted octanol–water partition coefficient (Wildman–Crippen LogP) is 2.33. The summed E-state index contributed by atoms with van der Waals surface area (Å²) in [7, 11) is 0. The number of hydrogen-bond acceptors (Lipinski definition) is 2. The molecule has 1 saturated heterocycles. The van der Waals surface area contributed by atoms with Crippen LogP contribution in [0.1, 0.15) is 39.5 Å². The second-order valence-electron chi connectivity index (χ2n) is 4.23. The molecule has 1 heterocycles. The first-order chi connectivity index (χ1) is 5.72. The molecule has 0 aromatic rings. The molecular weight excluding hydrogens is 152 g/mol. The maximum absolute atomic E-state index is 5.92. The van der Waals surface area contributed by atoms with Crippen molar-refractivity contribution in [3.63, 3.8) is 0 Å². The summed E-state index contributed by atoms with van der Waals surface area (Å²) in [4.78, 5) is 0. The van der Waals surface area contributed by atoms with Crippen LogP contribution in [-0.4, -0.2) is 18.5 Å². The SMILES string of the molecule is CC1COC2(CCCC2)OC1C. The molecule has 0 aromatic carbocycles. The van der Waals surface area contributed by atoms with Gasteiger partial charge in [-0.3, -0.25) is 0 Å². The van der Waals surface area contributed by atoms with E-state index in [1.165, 1.54) is 12.8 Å². The van der Waals surface area contributed by atoms with E-state index < -0.39 is 0 Å². The quantitative estimate of drug-likeness (QED) is 0.555. The second kappa shape index (κ2) is 3.00. The van der Waals surface area contributed by atoms with Gasteiger partial charge in [0, 0.05) is 18.8 Å². The molecule has 0 N–H and O–H groups in total. The van der Waals surface area contributed by atoms with Crippen molar-refractivity contribution >= 4 is 0 Å². The molecule has 1 aliphatic heterocycles. The van der Waals surface area contributed by atoms with Gasteiger partial charge < -0.3 is 9.47 Å². The third-order valence-corrected chi connectivity index (χ3v) is 3.18. The molecule has 2 unspecified atom stereocenters. The largest absolute Gasteiger partial charge is 0.350 e. The molecule has 0 radical (unpaired) electrons. The minimum Gasteiger partial charge on any atom is -0.350 e. The van der Waals surface area contributed by atoms with Gasteiger partial charge in [-0.05, 0) is 19.8 Å². The van der Waals surface area contributed by atoms with E-state index in [4.69, 9.17) is 9.47 Å². The molecule has 2 fully saturated rings. The van der Waals surface area contributed by atoms with Gasteiger partial charge >= 0.3 is 0 Å². The van der Waals surface area contributed by atoms with E-state index in [-0.39, 0.29) is 5.79 Å². The van der Waals surface area contributed by atoms with Crippen LogP contribution in [0.3, 0.4) is 0 Å². The van der Waals surface area contributed by atoms with E-state index >= 15 is 0 Å². The highest BCUT2D eigenvalue weighted by atomic mass is 16.7. The van der Waals surface area contributed by atoms with Crippen molar-refractivity contribution in [3.05, 3.63) is 0 Å². The van der Waals surface area contributed by atoms with Crippen LogP contribution in [0.25, 0.3) is 0 Å². The molecular formula is C10H18O2. The molecule has 1 saturated carbocycles. The Morgan fingerprint density at radius 2 is 1.83 bits per heavy atom. The molecule has 2 rings (SSSR count). The maximum atomic E-state index is 5.92. The van der Waals surface area contributed by atoms with Crippen LogP contribution in [0.4, 0.5) is 0 Å². The lowest BCUT2D eigenvalue weighted by atomic mass is 10.0. The fourth-order valence-electron chi connectivity index (χ4n) is 2.08. The first-order valence-electron chi connectivity index (χ1n) is 5.04. The van der Waals surface area contributed by atoms with Crippen LogP contribution in [0.2, 0.25) is 0 Å². The van der Waals surface area contributed by atoms with Crippen LogP contribution < -0.4 is 0 Å². The van der Waals surface area contributed by atoms with Gasteiger partial charge in [0.15, 0.2) is 5.79 Å². The number of rotatable bonds is 0. The molecule has 1 spiro atoms. The highest BCUT2D eigenvalue weighted by molar-refractivity contribution is 4.83. The Balaban J connectivity index is 2.01. The molecule has 2 aliphatic rings. The topological polar surface area (TPSA) is 18.5 Å². The highest BCUT2D eigenvalue weighted by Crippen LogP contribution is 2.39. The van der Waals surface area contributed by atoms with Gasteiger partial charge in [-0.25, -0.2) is 0 Å². The van der Waals surface area contributed by atoms with Crippen molar-refractivity contribution in [3.8, 4) is 0 Å². The molecule has 2 heteroatoms. The molecule has 2 nitrogen and oxygen atoms in total. The van der Waals surface area contributed by atoms with Crippen molar-refractivity contribution < 1.29 is 9.47 Å². The van der Waals surface area contributed by atoms with Gasteiger partial charge in [0.25, 0.3) is 0 Å². The van der Waals surface area contributed by atoms with Crippen molar-refractivity contribution in [2.45, 2.75) is 51.4 Å².